The average molecular weight is 271 g/mol. The first-order valence-corrected chi connectivity index (χ1v) is 6.72. The van der Waals surface area contributed by atoms with Crippen LogP contribution in [0.5, 0.6) is 0 Å². The molecule has 0 radical (unpaired) electrons. The highest BCUT2D eigenvalue weighted by Gasteiger charge is 2.15. The Morgan fingerprint density at radius 2 is 1.43 bits per heavy atom. The van der Waals surface area contributed by atoms with Gasteiger partial charge in [-0.25, -0.2) is 0 Å². The maximum atomic E-state index is 9.40. The molecule has 0 saturated heterocycles. The maximum Gasteiger partial charge on any atom is 0.115 e. The molecular formula is C18H13N3. The first-order chi connectivity index (χ1) is 10.4. The van der Waals surface area contributed by atoms with E-state index in [2.05, 4.69) is 16.3 Å². The van der Waals surface area contributed by atoms with Gasteiger partial charge in [-0.3, -0.25) is 0 Å². The van der Waals surface area contributed by atoms with Crippen LogP contribution in [0, 0.1) is 11.3 Å². The summed E-state index contributed by atoms with van der Waals surface area (Å²) in [6, 6.07) is 25.6. The number of hydrogen-bond donors (Lipinski definition) is 0. The minimum Gasteiger partial charge on any atom is -0.197 e. The van der Waals surface area contributed by atoms with Crippen molar-refractivity contribution in [2.45, 2.75) is 5.92 Å². The van der Waals surface area contributed by atoms with Crippen molar-refractivity contribution in [1.82, 2.24) is 10.2 Å². The predicted octanol–water partition coefficient (Wildman–Crippen LogP) is 3.80. The van der Waals surface area contributed by atoms with Crippen molar-refractivity contribution in [1.29, 1.82) is 5.26 Å². The molecule has 0 spiro atoms. The van der Waals surface area contributed by atoms with Crippen molar-refractivity contribution in [3.05, 3.63) is 84.1 Å². The molecule has 1 atom stereocenters. The lowest BCUT2D eigenvalue weighted by molar-refractivity contribution is 0.888. The molecule has 3 nitrogen and oxygen atoms in total. The third-order valence-electron chi connectivity index (χ3n) is 3.31. The number of nitriles is 1. The highest BCUT2D eigenvalue weighted by Crippen LogP contribution is 2.23. The molecular weight excluding hydrogens is 258 g/mol. The van der Waals surface area contributed by atoms with Gasteiger partial charge < -0.3 is 0 Å². The van der Waals surface area contributed by atoms with Crippen molar-refractivity contribution >= 4 is 0 Å². The zero-order valence-electron chi connectivity index (χ0n) is 11.3. The minimum absolute atomic E-state index is 0.386. The topological polar surface area (TPSA) is 49.6 Å². The van der Waals surface area contributed by atoms with Gasteiger partial charge in [-0.1, -0.05) is 60.7 Å². The Balaban J connectivity index is 1.92. The van der Waals surface area contributed by atoms with Crippen LogP contribution in [0.25, 0.3) is 11.3 Å². The van der Waals surface area contributed by atoms with Crippen LogP contribution in [-0.4, -0.2) is 10.2 Å². The van der Waals surface area contributed by atoms with E-state index < -0.39 is 0 Å². The summed E-state index contributed by atoms with van der Waals surface area (Å²) in [5, 5.41) is 17.9. The molecule has 0 saturated carbocycles. The van der Waals surface area contributed by atoms with Crippen LogP contribution in [-0.2, 0) is 0 Å². The first kappa shape index (κ1) is 13.0. The molecule has 3 aromatic rings. The van der Waals surface area contributed by atoms with Gasteiger partial charge in [-0.2, -0.15) is 15.5 Å². The van der Waals surface area contributed by atoms with Crippen molar-refractivity contribution in [3.63, 3.8) is 0 Å². The number of hydrogen-bond acceptors (Lipinski definition) is 3. The number of rotatable bonds is 3. The van der Waals surface area contributed by atoms with Crippen molar-refractivity contribution < 1.29 is 0 Å². The Kier molecular flexibility index (Phi) is 3.70. The molecule has 0 bridgehead atoms. The van der Waals surface area contributed by atoms with E-state index in [9.17, 15) is 5.26 Å². The summed E-state index contributed by atoms with van der Waals surface area (Å²) in [5.74, 6) is -0.386. The molecule has 0 aliphatic heterocycles. The Labute approximate surface area is 123 Å². The fourth-order valence-corrected chi connectivity index (χ4v) is 2.22. The van der Waals surface area contributed by atoms with Crippen molar-refractivity contribution in [3.8, 4) is 17.3 Å². The van der Waals surface area contributed by atoms with Gasteiger partial charge >= 0.3 is 0 Å². The van der Waals surface area contributed by atoms with Gasteiger partial charge in [0.1, 0.15) is 5.92 Å². The zero-order valence-corrected chi connectivity index (χ0v) is 11.3. The Morgan fingerprint density at radius 3 is 2.00 bits per heavy atom. The van der Waals surface area contributed by atoms with Crippen LogP contribution in [0.2, 0.25) is 0 Å². The summed E-state index contributed by atoms with van der Waals surface area (Å²) in [6.07, 6.45) is 0. The number of nitrogens with zero attached hydrogens (tertiary/aromatic N) is 3. The van der Waals surface area contributed by atoms with Gasteiger partial charge in [0.25, 0.3) is 0 Å². The van der Waals surface area contributed by atoms with Gasteiger partial charge in [-0.05, 0) is 17.7 Å². The third kappa shape index (κ3) is 2.80. The third-order valence-corrected chi connectivity index (χ3v) is 3.31. The molecule has 0 aliphatic rings. The van der Waals surface area contributed by atoms with Gasteiger partial charge in [0.15, 0.2) is 0 Å². The van der Waals surface area contributed by atoms with E-state index in [0.717, 1.165) is 16.8 Å². The van der Waals surface area contributed by atoms with Gasteiger partial charge in [-0.15, -0.1) is 0 Å². The quantitative estimate of drug-likeness (QED) is 0.728. The van der Waals surface area contributed by atoms with E-state index in [1.54, 1.807) is 0 Å². The highest BCUT2D eigenvalue weighted by molar-refractivity contribution is 5.58. The van der Waals surface area contributed by atoms with Gasteiger partial charge in [0.05, 0.1) is 17.5 Å². The van der Waals surface area contributed by atoms with E-state index in [1.807, 2.05) is 72.8 Å². The summed E-state index contributed by atoms with van der Waals surface area (Å²) in [4.78, 5) is 0. The van der Waals surface area contributed by atoms with Gasteiger partial charge in [0, 0.05) is 5.56 Å². The second-order valence-electron chi connectivity index (χ2n) is 4.68. The fourth-order valence-electron chi connectivity index (χ4n) is 2.22. The molecule has 1 aromatic heterocycles. The molecule has 2 aromatic carbocycles. The summed E-state index contributed by atoms with van der Waals surface area (Å²) < 4.78 is 0. The van der Waals surface area contributed by atoms with Crippen LogP contribution in [0.1, 0.15) is 17.2 Å². The van der Waals surface area contributed by atoms with E-state index in [1.165, 1.54) is 0 Å². The molecule has 0 fully saturated rings. The van der Waals surface area contributed by atoms with Crippen molar-refractivity contribution in [2.24, 2.45) is 0 Å². The summed E-state index contributed by atoms with van der Waals surface area (Å²) in [5.41, 5.74) is 3.43. The molecule has 0 unspecified atom stereocenters. The van der Waals surface area contributed by atoms with Crippen LogP contribution >= 0.6 is 0 Å². The fraction of sp³-hybridized carbons (Fsp3) is 0.0556. The Hall–Kier alpha value is -2.99. The van der Waals surface area contributed by atoms with E-state index >= 15 is 0 Å². The molecule has 1 heterocycles. The molecule has 21 heavy (non-hydrogen) atoms. The first-order valence-electron chi connectivity index (χ1n) is 6.72. The van der Waals surface area contributed by atoms with E-state index in [0.29, 0.717) is 5.69 Å². The summed E-state index contributed by atoms with van der Waals surface area (Å²) in [6.45, 7) is 0. The van der Waals surface area contributed by atoms with E-state index in [4.69, 9.17) is 0 Å². The van der Waals surface area contributed by atoms with Crippen molar-refractivity contribution in [2.75, 3.05) is 0 Å². The highest BCUT2D eigenvalue weighted by atomic mass is 15.1. The lowest BCUT2D eigenvalue weighted by Gasteiger charge is -2.08. The normalized spacial score (nSPS) is 11.6. The molecule has 0 N–H and O–H groups in total. The standard InChI is InChI=1S/C18H13N3/c19-13-16(14-7-3-1-4-8-14)18-12-11-17(20-21-18)15-9-5-2-6-10-15/h1-12,16H/t16-/m1/s1. The number of aromatic nitrogens is 2. The van der Waals surface area contributed by atoms with E-state index in [-0.39, 0.29) is 5.92 Å². The van der Waals surface area contributed by atoms with Crippen LogP contribution in [0.3, 0.4) is 0 Å². The SMILES string of the molecule is N#C[C@H](c1ccccc1)c1ccc(-c2ccccc2)nn1. The molecule has 0 amide bonds. The average Bonchev–Trinajstić information content (AvgIpc) is 2.58. The minimum atomic E-state index is -0.386. The monoisotopic (exact) mass is 271 g/mol. The molecule has 3 heteroatoms. The summed E-state index contributed by atoms with van der Waals surface area (Å²) in [7, 11) is 0. The Bertz CT molecular complexity index is 744. The smallest absolute Gasteiger partial charge is 0.115 e. The molecule has 0 aliphatic carbocycles. The van der Waals surface area contributed by atoms with Crippen LogP contribution in [0.4, 0.5) is 0 Å². The number of benzene rings is 2. The second kappa shape index (κ2) is 5.98. The lowest BCUT2D eigenvalue weighted by Crippen LogP contribution is -2.02. The van der Waals surface area contributed by atoms with Crippen LogP contribution < -0.4 is 0 Å². The zero-order chi connectivity index (χ0) is 14.5. The maximum absolute atomic E-state index is 9.40. The second-order valence-corrected chi connectivity index (χ2v) is 4.68. The molecule has 100 valence electrons. The summed E-state index contributed by atoms with van der Waals surface area (Å²) >= 11 is 0. The predicted molar refractivity (Wildman–Crippen MR) is 81.4 cm³/mol. The largest absolute Gasteiger partial charge is 0.197 e. The van der Waals surface area contributed by atoms with Gasteiger partial charge in [0.2, 0.25) is 0 Å². The van der Waals surface area contributed by atoms with Crippen LogP contribution in [0.15, 0.2) is 72.8 Å². The molecule has 3 rings (SSSR count). The Morgan fingerprint density at radius 1 is 0.762 bits per heavy atom. The lowest BCUT2D eigenvalue weighted by atomic mass is 9.97.